The van der Waals surface area contributed by atoms with Gasteiger partial charge < -0.3 is 0 Å². The number of rotatable bonds is 2. The van der Waals surface area contributed by atoms with Crippen LogP contribution in [0.25, 0.3) is 0 Å². The van der Waals surface area contributed by atoms with Crippen molar-refractivity contribution in [2.75, 3.05) is 6.54 Å². The lowest BCUT2D eigenvalue weighted by Crippen LogP contribution is -2.42. The number of H-pyrrole nitrogens is 1. The van der Waals surface area contributed by atoms with Crippen LogP contribution < -0.4 is 0 Å². The first kappa shape index (κ1) is 11.6. The molecule has 0 bridgehead atoms. The molecule has 0 spiro atoms. The molecule has 2 heterocycles. The van der Waals surface area contributed by atoms with Crippen LogP contribution in [0.15, 0.2) is 11.1 Å². The number of hydrogen-bond donors (Lipinski definition) is 1. The van der Waals surface area contributed by atoms with Crippen molar-refractivity contribution in [3.05, 3.63) is 11.9 Å². The summed E-state index contributed by atoms with van der Waals surface area (Å²) in [5.74, 6) is 0. The lowest BCUT2D eigenvalue weighted by molar-refractivity contribution is 0.268. The van der Waals surface area contributed by atoms with E-state index in [1.54, 1.807) is 11.2 Å². The zero-order valence-electron chi connectivity index (χ0n) is 9.60. The van der Waals surface area contributed by atoms with E-state index in [2.05, 4.69) is 10.2 Å². The van der Waals surface area contributed by atoms with E-state index in [1.165, 1.54) is 6.20 Å². The average Bonchev–Trinajstić information content (AvgIpc) is 2.65. The Labute approximate surface area is 95.9 Å². The molecule has 1 fully saturated rings. The maximum atomic E-state index is 12.3. The molecular weight excluding hydrogens is 226 g/mol. The number of nitrogens with zero attached hydrogens (tertiary/aromatic N) is 2. The fourth-order valence-corrected chi connectivity index (χ4v) is 3.97. The zero-order valence-corrected chi connectivity index (χ0v) is 10.4. The normalized spacial score (nSPS) is 23.5. The first-order valence-corrected chi connectivity index (χ1v) is 6.99. The Morgan fingerprint density at radius 3 is 2.81 bits per heavy atom. The number of piperidine rings is 1. The van der Waals surface area contributed by atoms with Crippen molar-refractivity contribution < 1.29 is 8.42 Å². The highest BCUT2D eigenvalue weighted by atomic mass is 32.2. The lowest BCUT2D eigenvalue weighted by Gasteiger charge is -2.31. The molecule has 1 aliphatic heterocycles. The van der Waals surface area contributed by atoms with Crippen molar-refractivity contribution in [1.82, 2.24) is 14.5 Å². The van der Waals surface area contributed by atoms with Gasteiger partial charge in [0.2, 0.25) is 10.0 Å². The summed E-state index contributed by atoms with van der Waals surface area (Å²) in [6.45, 7) is 4.31. The molecule has 90 valence electrons. The Hall–Kier alpha value is -0.880. The van der Waals surface area contributed by atoms with Crippen LogP contribution in [0.3, 0.4) is 0 Å². The number of nitrogens with one attached hydrogen (secondary N) is 1. The quantitative estimate of drug-likeness (QED) is 0.851. The van der Waals surface area contributed by atoms with Crippen LogP contribution in [0.4, 0.5) is 0 Å². The van der Waals surface area contributed by atoms with Gasteiger partial charge in [0.1, 0.15) is 4.90 Å². The molecule has 1 N–H and O–H groups in total. The van der Waals surface area contributed by atoms with Gasteiger partial charge in [-0.3, -0.25) is 5.10 Å². The standard InChI is InChI=1S/C10H17N3O2S/c1-8-5-3-4-6-13(8)16(14,15)10-7-11-12-9(10)2/h7-8H,3-6H2,1-2H3,(H,11,12). The highest BCUT2D eigenvalue weighted by Crippen LogP contribution is 2.25. The van der Waals surface area contributed by atoms with Crippen LogP contribution in [0.1, 0.15) is 31.9 Å². The number of aryl methyl sites for hydroxylation is 1. The molecule has 1 saturated heterocycles. The number of hydrogen-bond acceptors (Lipinski definition) is 3. The molecule has 0 aromatic carbocycles. The van der Waals surface area contributed by atoms with E-state index in [0.29, 0.717) is 17.1 Å². The molecule has 0 aliphatic carbocycles. The molecule has 1 unspecified atom stereocenters. The van der Waals surface area contributed by atoms with Crippen molar-refractivity contribution in [2.45, 2.75) is 44.0 Å². The van der Waals surface area contributed by atoms with Crippen molar-refractivity contribution in [3.63, 3.8) is 0 Å². The van der Waals surface area contributed by atoms with Gasteiger partial charge in [-0.05, 0) is 26.7 Å². The Balaban J connectivity index is 2.35. The van der Waals surface area contributed by atoms with E-state index in [-0.39, 0.29) is 6.04 Å². The lowest BCUT2D eigenvalue weighted by atomic mass is 10.1. The molecule has 1 aromatic heterocycles. The number of sulfonamides is 1. The molecule has 0 radical (unpaired) electrons. The highest BCUT2D eigenvalue weighted by molar-refractivity contribution is 7.89. The molecule has 1 aromatic rings. The molecule has 1 atom stereocenters. The Morgan fingerprint density at radius 1 is 1.50 bits per heavy atom. The van der Waals surface area contributed by atoms with Gasteiger partial charge in [-0.25, -0.2) is 8.42 Å². The maximum Gasteiger partial charge on any atom is 0.246 e. The number of aromatic amines is 1. The Morgan fingerprint density at radius 2 is 2.25 bits per heavy atom. The minimum Gasteiger partial charge on any atom is -0.281 e. The molecule has 5 nitrogen and oxygen atoms in total. The molecule has 16 heavy (non-hydrogen) atoms. The highest BCUT2D eigenvalue weighted by Gasteiger charge is 2.32. The van der Waals surface area contributed by atoms with Gasteiger partial charge in [0.15, 0.2) is 0 Å². The Kier molecular flexibility index (Phi) is 3.03. The fourth-order valence-electron chi connectivity index (χ4n) is 2.15. The molecule has 6 heteroatoms. The summed E-state index contributed by atoms with van der Waals surface area (Å²) in [5, 5.41) is 6.45. The monoisotopic (exact) mass is 243 g/mol. The van der Waals surface area contributed by atoms with E-state index in [9.17, 15) is 8.42 Å². The average molecular weight is 243 g/mol. The Bertz CT molecular complexity index is 466. The van der Waals surface area contributed by atoms with Gasteiger partial charge >= 0.3 is 0 Å². The summed E-state index contributed by atoms with van der Waals surface area (Å²) in [5.41, 5.74) is 0.609. The van der Waals surface area contributed by atoms with Gasteiger partial charge in [0, 0.05) is 12.6 Å². The van der Waals surface area contributed by atoms with Crippen molar-refractivity contribution in [3.8, 4) is 0 Å². The summed E-state index contributed by atoms with van der Waals surface area (Å²) >= 11 is 0. The van der Waals surface area contributed by atoms with Crippen LogP contribution in [0.5, 0.6) is 0 Å². The SMILES string of the molecule is Cc1[nH]ncc1S(=O)(=O)N1CCCCC1C. The summed E-state index contributed by atoms with van der Waals surface area (Å²) in [7, 11) is -3.36. The van der Waals surface area contributed by atoms with Gasteiger partial charge in [-0.15, -0.1) is 0 Å². The third kappa shape index (κ3) is 1.87. The van der Waals surface area contributed by atoms with E-state index in [4.69, 9.17) is 0 Å². The summed E-state index contributed by atoms with van der Waals surface area (Å²) < 4.78 is 26.3. The topological polar surface area (TPSA) is 66.1 Å². The minimum absolute atomic E-state index is 0.0908. The second-order valence-electron chi connectivity index (χ2n) is 4.32. The van der Waals surface area contributed by atoms with Gasteiger partial charge in [0.05, 0.1) is 11.9 Å². The zero-order chi connectivity index (χ0) is 11.8. The molecule has 0 saturated carbocycles. The number of aromatic nitrogens is 2. The second kappa shape index (κ2) is 4.18. The largest absolute Gasteiger partial charge is 0.281 e. The second-order valence-corrected chi connectivity index (χ2v) is 6.18. The van der Waals surface area contributed by atoms with Gasteiger partial charge in [0.25, 0.3) is 0 Å². The summed E-state index contributed by atoms with van der Waals surface area (Å²) in [6, 6.07) is 0.0908. The fraction of sp³-hybridized carbons (Fsp3) is 0.700. The van der Waals surface area contributed by atoms with Crippen LogP contribution in [0, 0.1) is 6.92 Å². The van der Waals surface area contributed by atoms with Crippen molar-refractivity contribution in [1.29, 1.82) is 0 Å². The van der Waals surface area contributed by atoms with E-state index < -0.39 is 10.0 Å². The van der Waals surface area contributed by atoms with Crippen LogP contribution in [0.2, 0.25) is 0 Å². The first-order valence-electron chi connectivity index (χ1n) is 5.55. The third-order valence-electron chi connectivity index (χ3n) is 3.11. The molecule has 2 rings (SSSR count). The first-order chi connectivity index (χ1) is 7.53. The van der Waals surface area contributed by atoms with E-state index >= 15 is 0 Å². The summed E-state index contributed by atoms with van der Waals surface area (Å²) in [6.07, 6.45) is 4.39. The minimum atomic E-state index is -3.36. The molecular formula is C10H17N3O2S. The third-order valence-corrected chi connectivity index (χ3v) is 5.24. The summed E-state index contributed by atoms with van der Waals surface area (Å²) in [4.78, 5) is 0.307. The maximum absolute atomic E-state index is 12.3. The van der Waals surface area contributed by atoms with Crippen LogP contribution in [-0.2, 0) is 10.0 Å². The van der Waals surface area contributed by atoms with Crippen molar-refractivity contribution >= 4 is 10.0 Å². The van der Waals surface area contributed by atoms with Crippen LogP contribution in [-0.4, -0.2) is 35.5 Å². The smallest absolute Gasteiger partial charge is 0.246 e. The van der Waals surface area contributed by atoms with Gasteiger partial charge in [-0.2, -0.15) is 9.40 Å². The van der Waals surface area contributed by atoms with E-state index in [1.807, 2.05) is 6.92 Å². The molecule has 0 amide bonds. The van der Waals surface area contributed by atoms with Crippen LogP contribution >= 0.6 is 0 Å². The van der Waals surface area contributed by atoms with Gasteiger partial charge in [-0.1, -0.05) is 6.42 Å². The molecule has 1 aliphatic rings. The van der Waals surface area contributed by atoms with E-state index in [0.717, 1.165) is 19.3 Å². The van der Waals surface area contributed by atoms with Crippen molar-refractivity contribution in [2.24, 2.45) is 0 Å². The predicted molar refractivity (Wildman–Crippen MR) is 60.5 cm³/mol. The predicted octanol–water partition coefficient (Wildman–Crippen LogP) is 1.28.